The van der Waals surface area contributed by atoms with Crippen molar-refractivity contribution in [2.24, 2.45) is 5.41 Å². The Morgan fingerprint density at radius 2 is 1.97 bits per heavy atom. The van der Waals surface area contributed by atoms with E-state index >= 15 is 0 Å². The molecule has 4 rings (SSSR count). The quantitative estimate of drug-likeness (QED) is 0.263. The lowest BCUT2D eigenvalue weighted by atomic mass is 9.74. The van der Waals surface area contributed by atoms with Crippen LogP contribution in [0.3, 0.4) is 0 Å². The molecule has 8 heteroatoms. The van der Waals surface area contributed by atoms with Gasteiger partial charge in [-0.05, 0) is 93.2 Å². The minimum atomic E-state index is -0.730. The number of likely N-dealkylation sites (tertiary alicyclic amines) is 1. The maximum atomic E-state index is 11.1. The second-order valence-corrected chi connectivity index (χ2v) is 10.9. The molecule has 1 unspecified atom stereocenters. The van der Waals surface area contributed by atoms with Gasteiger partial charge in [0.05, 0.1) is 23.8 Å². The summed E-state index contributed by atoms with van der Waals surface area (Å²) in [7, 11) is 1.62. The van der Waals surface area contributed by atoms with Gasteiger partial charge in [0.1, 0.15) is 5.75 Å². The smallest absolute Gasteiger partial charge is 0.119 e. The minimum Gasteiger partial charge on any atom is -0.497 e. The second kappa shape index (κ2) is 12.4. The SMILES string of the molecule is COc1ccc2ncc(Cl)c(C(O)CCC3(CO)CCN(CCCSc4ccncc4)CC3)c2c1. The van der Waals surface area contributed by atoms with Gasteiger partial charge in [0.25, 0.3) is 0 Å². The topological polar surface area (TPSA) is 78.7 Å². The molecule has 1 aromatic carbocycles. The maximum Gasteiger partial charge on any atom is 0.119 e. The van der Waals surface area contributed by atoms with Gasteiger partial charge in [-0.1, -0.05) is 11.6 Å². The van der Waals surface area contributed by atoms with Crippen LogP contribution in [0.4, 0.5) is 0 Å². The number of hydrogen-bond acceptors (Lipinski definition) is 7. The minimum absolute atomic E-state index is 0.143. The van der Waals surface area contributed by atoms with Crippen molar-refractivity contribution in [2.45, 2.75) is 43.1 Å². The average Bonchev–Trinajstić information content (AvgIpc) is 2.90. The summed E-state index contributed by atoms with van der Waals surface area (Å²) in [4.78, 5) is 12.2. The average molecular weight is 516 g/mol. The number of benzene rings is 1. The number of fused-ring (bicyclic) bond motifs is 1. The number of nitrogens with zero attached hydrogens (tertiary/aromatic N) is 3. The van der Waals surface area contributed by atoms with Crippen molar-refractivity contribution in [3.63, 3.8) is 0 Å². The number of halogens is 1. The Kier molecular flexibility index (Phi) is 9.25. The summed E-state index contributed by atoms with van der Waals surface area (Å²) >= 11 is 8.35. The second-order valence-electron chi connectivity index (χ2n) is 9.34. The van der Waals surface area contributed by atoms with Gasteiger partial charge >= 0.3 is 0 Å². The third-order valence-corrected chi connectivity index (χ3v) is 8.54. The molecule has 0 amide bonds. The van der Waals surface area contributed by atoms with Crippen LogP contribution in [-0.2, 0) is 0 Å². The van der Waals surface area contributed by atoms with E-state index in [-0.39, 0.29) is 12.0 Å². The molecular formula is C27H34ClN3O3S. The highest BCUT2D eigenvalue weighted by Gasteiger charge is 2.34. The predicted molar refractivity (Wildman–Crippen MR) is 142 cm³/mol. The van der Waals surface area contributed by atoms with Crippen LogP contribution in [0.25, 0.3) is 10.9 Å². The number of piperidine rings is 1. The standard InChI is InChI=1S/C27H34ClN3O3S/c1-34-20-3-4-24-22(17-20)26(23(28)18-30-24)25(33)5-8-27(19-32)9-14-31(15-10-27)13-2-16-35-21-6-11-29-12-7-21/h3-4,6-7,11-12,17-18,25,32-33H,2,5,8-10,13-16,19H2,1H3. The lowest BCUT2D eigenvalue weighted by molar-refractivity contribution is 0.0238. The molecular weight excluding hydrogens is 482 g/mol. The van der Waals surface area contributed by atoms with E-state index in [1.165, 1.54) is 4.90 Å². The lowest BCUT2D eigenvalue weighted by Gasteiger charge is -2.41. The molecule has 1 saturated heterocycles. The Labute approximate surface area is 216 Å². The van der Waals surface area contributed by atoms with Gasteiger partial charge in [-0.2, -0.15) is 0 Å². The summed E-state index contributed by atoms with van der Waals surface area (Å²) in [6.45, 7) is 3.17. The molecule has 0 spiro atoms. The first-order valence-corrected chi connectivity index (χ1v) is 13.6. The number of rotatable bonds is 11. The van der Waals surface area contributed by atoms with Gasteiger partial charge in [-0.25, -0.2) is 0 Å². The van der Waals surface area contributed by atoms with Gasteiger partial charge in [0.2, 0.25) is 0 Å². The van der Waals surface area contributed by atoms with Crippen LogP contribution in [0.2, 0.25) is 5.02 Å². The molecule has 0 bridgehead atoms. The van der Waals surface area contributed by atoms with Gasteiger partial charge in [-0.3, -0.25) is 9.97 Å². The number of methoxy groups -OCH3 is 1. The molecule has 35 heavy (non-hydrogen) atoms. The zero-order chi connectivity index (χ0) is 24.7. The Bertz CT molecular complexity index is 1090. The van der Waals surface area contributed by atoms with Crippen LogP contribution in [0.5, 0.6) is 5.75 Å². The third-order valence-electron chi connectivity index (χ3n) is 7.14. The summed E-state index contributed by atoms with van der Waals surface area (Å²) < 4.78 is 5.36. The molecule has 1 aliphatic rings. The van der Waals surface area contributed by atoms with Crippen molar-refractivity contribution < 1.29 is 14.9 Å². The number of aromatic nitrogens is 2. The van der Waals surface area contributed by atoms with E-state index < -0.39 is 6.10 Å². The van der Waals surface area contributed by atoms with E-state index in [4.69, 9.17) is 16.3 Å². The molecule has 0 aliphatic carbocycles. The number of aliphatic hydroxyl groups excluding tert-OH is 2. The van der Waals surface area contributed by atoms with Crippen LogP contribution in [0.15, 0.2) is 53.8 Å². The highest BCUT2D eigenvalue weighted by Crippen LogP contribution is 2.40. The maximum absolute atomic E-state index is 11.1. The number of thioether (sulfide) groups is 1. The first kappa shape index (κ1) is 26.2. The summed E-state index contributed by atoms with van der Waals surface area (Å²) in [5.74, 6) is 1.79. The zero-order valence-corrected chi connectivity index (χ0v) is 21.8. The van der Waals surface area contributed by atoms with Crippen LogP contribution < -0.4 is 4.74 Å². The molecule has 188 valence electrons. The molecule has 1 fully saturated rings. The fourth-order valence-corrected chi connectivity index (χ4v) is 5.97. The summed E-state index contributed by atoms with van der Waals surface area (Å²) in [6, 6.07) is 9.70. The fraction of sp³-hybridized carbons (Fsp3) is 0.481. The zero-order valence-electron chi connectivity index (χ0n) is 20.2. The van der Waals surface area contributed by atoms with Crippen LogP contribution >= 0.6 is 23.4 Å². The number of hydrogen-bond donors (Lipinski definition) is 2. The molecule has 3 aromatic rings. The van der Waals surface area contributed by atoms with Gasteiger partial charge in [-0.15, -0.1) is 11.8 Å². The first-order valence-electron chi connectivity index (χ1n) is 12.2. The summed E-state index contributed by atoms with van der Waals surface area (Å²) in [6.07, 6.45) is 8.84. The van der Waals surface area contributed by atoms with Crippen LogP contribution in [0, 0.1) is 5.41 Å². The molecule has 6 nitrogen and oxygen atoms in total. The highest BCUT2D eigenvalue weighted by atomic mass is 35.5. The molecule has 2 aromatic heterocycles. The van der Waals surface area contributed by atoms with Crippen LogP contribution in [0.1, 0.15) is 43.8 Å². The highest BCUT2D eigenvalue weighted by molar-refractivity contribution is 7.99. The number of pyridine rings is 2. The van der Waals surface area contributed by atoms with Crippen molar-refractivity contribution in [2.75, 3.05) is 39.1 Å². The van der Waals surface area contributed by atoms with E-state index in [1.54, 1.807) is 13.3 Å². The van der Waals surface area contributed by atoms with Gasteiger partial charge in [0, 0.05) is 41.0 Å². The Balaban J connectivity index is 1.30. The van der Waals surface area contributed by atoms with E-state index in [0.717, 1.165) is 62.0 Å². The van der Waals surface area contributed by atoms with E-state index in [2.05, 4.69) is 14.9 Å². The van der Waals surface area contributed by atoms with Crippen molar-refractivity contribution >= 4 is 34.3 Å². The van der Waals surface area contributed by atoms with Gasteiger partial charge < -0.3 is 19.8 Å². The van der Waals surface area contributed by atoms with E-state index in [9.17, 15) is 10.2 Å². The van der Waals surface area contributed by atoms with Crippen molar-refractivity contribution in [1.29, 1.82) is 0 Å². The predicted octanol–water partition coefficient (Wildman–Crippen LogP) is 5.36. The normalized spacial score (nSPS) is 16.9. The Morgan fingerprint density at radius 1 is 1.20 bits per heavy atom. The van der Waals surface area contributed by atoms with Crippen molar-refractivity contribution in [1.82, 2.24) is 14.9 Å². The summed E-state index contributed by atoms with van der Waals surface area (Å²) in [5, 5.41) is 22.7. The molecule has 1 atom stereocenters. The largest absolute Gasteiger partial charge is 0.497 e. The van der Waals surface area contributed by atoms with E-state index in [1.807, 2.05) is 54.5 Å². The van der Waals surface area contributed by atoms with Crippen molar-refractivity contribution in [3.05, 3.63) is 59.5 Å². The van der Waals surface area contributed by atoms with Crippen LogP contribution in [-0.4, -0.2) is 64.2 Å². The third kappa shape index (κ3) is 6.66. The molecule has 0 saturated carbocycles. The number of ether oxygens (including phenoxy) is 1. The molecule has 0 radical (unpaired) electrons. The Morgan fingerprint density at radius 3 is 2.69 bits per heavy atom. The Hall–Kier alpha value is -1.90. The van der Waals surface area contributed by atoms with E-state index in [0.29, 0.717) is 22.8 Å². The molecule has 3 heterocycles. The summed E-state index contributed by atoms with van der Waals surface area (Å²) in [5.41, 5.74) is 1.31. The number of aliphatic hydroxyl groups is 2. The monoisotopic (exact) mass is 515 g/mol. The molecule has 1 aliphatic heterocycles. The molecule has 2 N–H and O–H groups in total. The van der Waals surface area contributed by atoms with Crippen molar-refractivity contribution in [3.8, 4) is 5.75 Å². The first-order chi connectivity index (χ1) is 17.0. The van der Waals surface area contributed by atoms with Gasteiger partial charge in [0.15, 0.2) is 0 Å². The fourth-order valence-electron chi connectivity index (χ4n) is 4.87. The lowest BCUT2D eigenvalue weighted by Crippen LogP contribution is -2.42.